The number of pyridine rings is 1. The second-order valence-electron chi connectivity index (χ2n) is 7.27. The van der Waals surface area contributed by atoms with Crippen LogP contribution in [0.15, 0.2) is 77.6 Å². The van der Waals surface area contributed by atoms with E-state index in [4.69, 9.17) is 16.6 Å². The number of allylic oxidation sites excluding steroid dienone is 1. The van der Waals surface area contributed by atoms with Gasteiger partial charge in [0.1, 0.15) is 0 Å². The maximum Gasteiger partial charge on any atom is 0.280 e. The number of halogens is 1. The molecule has 0 aliphatic carbocycles. The number of carbonyl (C=O) groups excluding carboxylic acids is 1. The van der Waals surface area contributed by atoms with E-state index in [0.717, 1.165) is 37.3 Å². The molecule has 0 aliphatic heterocycles. The van der Waals surface area contributed by atoms with Crippen LogP contribution in [0.1, 0.15) is 15.9 Å². The Bertz CT molecular complexity index is 1560. The number of carbonyl (C=O) groups is 1. The van der Waals surface area contributed by atoms with Crippen LogP contribution >= 0.6 is 34.3 Å². The first-order chi connectivity index (χ1) is 15.6. The highest BCUT2D eigenvalue weighted by molar-refractivity contribution is 7.16. The number of aromatic nitrogens is 2. The molecule has 7 heteroatoms. The van der Waals surface area contributed by atoms with Gasteiger partial charge in [-0.15, -0.1) is 17.9 Å². The van der Waals surface area contributed by atoms with Crippen LogP contribution in [0.25, 0.3) is 31.7 Å². The second kappa shape index (κ2) is 8.47. The summed E-state index contributed by atoms with van der Waals surface area (Å²) in [5.41, 5.74) is 4.03. The molecule has 32 heavy (non-hydrogen) atoms. The first-order valence-electron chi connectivity index (χ1n) is 9.99. The van der Waals surface area contributed by atoms with E-state index in [1.807, 2.05) is 71.5 Å². The first kappa shape index (κ1) is 20.8. The van der Waals surface area contributed by atoms with Crippen LogP contribution in [-0.2, 0) is 6.54 Å². The van der Waals surface area contributed by atoms with Gasteiger partial charge in [-0.25, -0.2) is 4.98 Å². The van der Waals surface area contributed by atoms with Crippen molar-refractivity contribution in [2.75, 3.05) is 0 Å². The van der Waals surface area contributed by atoms with Crippen molar-refractivity contribution >= 4 is 61.3 Å². The maximum absolute atomic E-state index is 13.5. The predicted molar refractivity (Wildman–Crippen MR) is 135 cm³/mol. The molecule has 3 aromatic heterocycles. The van der Waals surface area contributed by atoms with Gasteiger partial charge in [0, 0.05) is 17.0 Å². The summed E-state index contributed by atoms with van der Waals surface area (Å²) in [6.07, 6.45) is 1.80. The molecule has 0 aliphatic rings. The fraction of sp³-hybridized carbons (Fsp3) is 0.0800. The quantitative estimate of drug-likeness (QED) is 0.266. The Balaban J connectivity index is 1.74. The highest BCUT2D eigenvalue weighted by Gasteiger charge is 2.16. The van der Waals surface area contributed by atoms with E-state index in [9.17, 15) is 4.79 Å². The van der Waals surface area contributed by atoms with Crippen LogP contribution in [0, 0.1) is 6.92 Å². The highest BCUT2D eigenvalue weighted by atomic mass is 35.5. The van der Waals surface area contributed by atoms with Crippen molar-refractivity contribution in [2.45, 2.75) is 13.5 Å². The van der Waals surface area contributed by atoms with Crippen LogP contribution in [0.5, 0.6) is 0 Å². The first-order valence-corrected chi connectivity index (χ1v) is 12.1. The summed E-state index contributed by atoms with van der Waals surface area (Å²) in [5.74, 6) is -0.297. The number of para-hydroxylation sites is 1. The zero-order valence-electron chi connectivity index (χ0n) is 17.2. The van der Waals surface area contributed by atoms with Gasteiger partial charge in [0.05, 0.1) is 31.9 Å². The Kier molecular flexibility index (Phi) is 5.51. The Morgan fingerprint density at radius 1 is 1.22 bits per heavy atom. The largest absolute Gasteiger partial charge is 0.312 e. The number of rotatable bonds is 4. The van der Waals surface area contributed by atoms with Crippen molar-refractivity contribution in [3.8, 4) is 10.6 Å². The standard InChI is InChI=1S/C25H18ClN3OS2/c1-3-12-29-23-15(2)18(26)10-11-22(23)32-25(29)28-24(30)17-14-20(21-9-6-13-31-21)27-19-8-5-4-7-16(17)19/h3-11,13-14H,1,12H2,2H3. The average molecular weight is 476 g/mol. The van der Waals surface area contributed by atoms with E-state index in [1.54, 1.807) is 17.4 Å². The minimum absolute atomic E-state index is 0.297. The van der Waals surface area contributed by atoms with Gasteiger partial charge < -0.3 is 4.57 Å². The summed E-state index contributed by atoms with van der Waals surface area (Å²) >= 11 is 9.43. The molecule has 0 fully saturated rings. The van der Waals surface area contributed by atoms with Crippen molar-refractivity contribution in [1.82, 2.24) is 9.55 Å². The molecule has 3 heterocycles. The number of benzene rings is 2. The van der Waals surface area contributed by atoms with Gasteiger partial charge in [0.25, 0.3) is 5.91 Å². The molecule has 0 bridgehead atoms. The maximum atomic E-state index is 13.5. The Labute approximate surface area is 197 Å². The van der Waals surface area contributed by atoms with E-state index in [0.29, 0.717) is 21.9 Å². The van der Waals surface area contributed by atoms with E-state index in [2.05, 4.69) is 11.6 Å². The summed E-state index contributed by atoms with van der Waals surface area (Å²) in [7, 11) is 0. The topological polar surface area (TPSA) is 47.2 Å². The molecule has 0 N–H and O–H groups in total. The summed E-state index contributed by atoms with van der Waals surface area (Å²) in [6.45, 7) is 6.38. The van der Waals surface area contributed by atoms with Crippen LogP contribution in [0.2, 0.25) is 5.02 Å². The van der Waals surface area contributed by atoms with Crippen LogP contribution in [-0.4, -0.2) is 15.5 Å². The molecule has 1 amide bonds. The van der Waals surface area contributed by atoms with Crippen molar-refractivity contribution in [3.05, 3.63) is 93.6 Å². The van der Waals surface area contributed by atoms with Gasteiger partial charge >= 0.3 is 0 Å². The Hall–Kier alpha value is -3.06. The van der Waals surface area contributed by atoms with Crippen molar-refractivity contribution in [3.63, 3.8) is 0 Å². The molecule has 2 aromatic carbocycles. The van der Waals surface area contributed by atoms with Crippen LogP contribution in [0.4, 0.5) is 0 Å². The third-order valence-electron chi connectivity index (χ3n) is 5.26. The molecule has 0 radical (unpaired) electrons. The molecule has 0 spiro atoms. The zero-order chi connectivity index (χ0) is 22.2. The molecule has 0 atom stereocenters. The monoisotopic (exact) mass is 475 g/mol. The van der Waals surface area contributed by atoms with Gasteiger partial charge in [-0.2, -0.15) is 4.99 Å². The molecule has 5 aromatic rings. The molecular formula is C25H18ClN3OS2. The molecular weight excluding hydrogens is 458 g/mol. The van der Waals surface area contributed by atoms with Crippen molar-refractivity contribution < 1.29 is 4.79 Å². The number of thiazole rings is 1. The van der Waals surface area contributed by atoms with Crippen molar-refractivity contribution in [1.29, 1.82) is 0 Å². The Morgan fingerprint density at radius 2 is 2.06 bits per heavy atom. The summed E-state index contributed by atoms with van der Waals surface area (Å²) in [4.78, 5) is 24.4. The summed E-state index contributed by atoms with van der Waals surface area (Å²) < 4.78 is 3.02. The van der Waals surface area contributed by atoms with Crippen LogP contribution in [0.3, 0.4) is 0 Å². The fourth-order valence-corrected chi connectivity index (χ4v) is 5.69. The van der Waals surface area contributed by atoms with E-state index >= 15 is 0 Å². The molecule has 5 rings (SSSR count). The number of thiophene rings is 1. The van der Waals surface area contributed by atoms with E-state index in [1.165, 1.54) is 11.3 Å². The third-order valence-corrected chi connectivity index (χ3v) is 7.60. The lowest BCUT2D eigenvalue weighted by molar-refractivity contribution is 0.0999. The number of nitrogens with zero attached hydrogens (tertiary/aromatic N) is 3. The van der Waals surface area contributed by atoms with Crippen molar-refractivity contribution in [2.24, 2.45) is 4.99 Å². The fourth-order valence-electron chi connectivity index (χ4n) is 3.75. The minimum atomic E-state index is -0.297. The minimum Gasteiger partial charge on any atom is -0.312 e. The lowest BCUT2D eigenvalue weighted by Crippen LogP contribution is -2.17. The van der Waals surface area contributed by atoms with E-state index < -0.39 is 0 Å². The van der Waals surface area contributed by atoms with E-state index in [-0.39, 0.29) is 5.91 Å². The van der Waals surface area contributed by atoms with Crippen LogP contribution < -0.4 is 4.80 Å². The van der Waals surface area contributed by atoms with Gasteiger partial charge in [0.2, 0.25) is 0 Å². The molecule has 0 saturated heterocycles. The SMILES string of the molecule is C=CCn1c(=NC(=O)c2cc(-c3cccs3)nc3ccccc23)sc2ccc(Cl)c(C)c21. The lowest BCUT2D eigenvalue weighted by Gasteiger charge is -2.07. The second-order valence-corrected chi connectivity index (χ2v) is 9.63. The highest BCUT2D eigenvalue weighted by Crippen LogP contribution is 2.29. The number of hydrogen-bond acceptors (Lipinski definition) is 4. The summed E-state index contributed by atoms with van der Waals surface area (Å²) in [5, 5.41) is 3.48. The number of hydrogen-bond donors (Lipinski definition) is 0. The van der Waals surface area contributed by atoms with Gasteiger partial charge in [-0.1, -0.05) is 53.3 Å². The molecule has 0 unspecified atom stereocenters. The average Bonchev–Trinajstić information content (AvgIpc) is 3.45. The molecule has 0 saturated carbocycles. The smallest absolute Gasteiger partial charge is 0.280 e. The van der Waals surface area contributed by atoms with Gasteiger partial charge in [-0.3, -0.25) is 4.79 Å². The predicted octanol–water partition coefficient (Wildman–Crippen LogP) is 6.87. The normalized spacial score (nSPS) is 12.0. The number of aryl methyl sites for hydroxylation is 1. The lowest BCUT2D eigenvalue weighted by atomic mass is 10.1. The molecule has 158 valence electrons. The Morgan fingerprint density at radius 3 is 2.84 bits per heavy atom. The summed E-state index contributed by atoms with van der Waals surface area (Å²) in [6, 6.07) is 17.3. The number of amides is 1. The van der Waals surface area contributed by atoms with Gasteiger partial charge in [-0.05, 0) is 48.2 Å². The number of fused-ring (bicyclic) bond motifs is 2. The van der Waals surface area contributed by atoms with Gasteiger partial charge in [0.15, 0.2) is 4.80 Å². The zero-order valence-corrected chi connectivity index (χ0v) is 19.6. The third kappa shape index (κ3) is 3.60. The molecule has 4 nitrogen and oxygen atoms in total.